The zero-order valence-corrected chi connectivity index (χ0v) is 37.3. The largest absolute Gasteiger partial charge is 0.459 e. The van der Waals surface area contributed by atoms with Gasteiger partial charge in [0.05, 0.1) is 23.3 Å². The van der Waals surface area contributed by atoms with Crippen LogP contribution in [-0.4, -0.2) is 92.4 Å². The molecule has 8 rings (SSSR count). The molecule has 352 valence electrons. The van der Waals surface area contributed by atoms with Gasteiger partial charge in [-0.3, -0.25) is 4.79 Å². The maximum Gasteiger partial charge on any atom is 0.407 e. The van der Waals surface area contributed by atoms with E-state index in [4.69, 9.17) is 33.2 Å². The van der Waals surface area contributed by atoms with Gasteiger partial charge in [0.1, 0.15) is 32.0 Å². The molecule has 6 aromatic rings. The molecule has 15 nitrogen and oxygen atoms in total. The highest BCUT2D eigenvalue weighted by molar-refractivity contribution is 5.91. The third-order valence-corrected chi connectivity index (χ3v) is 11.5. The molecule has 0 spiro atoms. The van der Waals surface area contributed by atoms with Gasteiger partial charge in [0.2, 0.25) is 5.91 Å². The van der Waals surface area contributed by atoms with Crippen LogP contribution in [0.15, 0.2) is 170 Å². The van der Waals surface area contributed by atoms with E-state index in [1.807, 2.05) is 54.6 Å². The van der Waals surface area contributed by atoms with E-state index in [1.165, 1.54) is 31.2 Å². The average Bonchev–Trinajstić information content (AvgIpc) is 3.71. The third kappa shape index (κ3) is 11.9. The number of alkyl carbamates (subject to hydrolysis) is 1. The first-order valence-electron chi connectivity index (χ1n) is 22.2. The van der Waals surface area contributed by atoms with Crippen molar-refractivity contribution in [3.05, 3.63) is 203 Å². The third-order valence-electron chi connectivity index (χ3n) is 11.5. The number of nitrogens with one attached hydrogen (secondary N) is 2. The van der Waals surface area contributed by atoms with Crippen LogP contribution in [0.3, 0.4) is 0 Å². The van der Waals surface area contributed by atoms with Gasteiger partial charge in [0.25, 0.3) is 0 Å². The van der Waals surface area contributed by atoms with Gasteiger partial charge in [-0.1, -0.05) is 133 Å². The summed E-state index contributed by atoms with van der Waals surface area (Å²) >= 11 is 0. The van der Waals surface area contributed by atoms with Gasteiger partial charge in [-0.2, -0.15) is 0 Å². The van der Waals surface area contributed by atoms with Gasteiger partial charge in [-0.15, -0.1) is 0 Å². The molecule has 0 radical (unpaired) electrons. The van der Waals surface area contributed by atoms with E-state index in [0.29, 0.717) is 5.56 Å². The lowest BCUT2D eigenvalue weighted by Gasteiger charge is -2.45. The zero-order chi connectivity index (χ0) is 48.1. The molecule has 1 aliphatic heterocycles. The summed E-state index contributed by atoms with van der Waals surface area (Å²) < 4.78 is 42.1. The Morgan fingerprint density at radius 1 is 0.551 bits per heavy atom. The molecule has 6 atom stereocenters. The van der Waals surface area contributed by atoms with Gasteiger partial charge >= 0.3 is 30.0 Å². The van der Waals surface area contributed by atoms with Gasteiger partial charge in [0.15, 0.2) is 24.5 Å². The summed E-state index contributed by atoms with van der Waals surface area (Å²) in [7, 11) is 0. The fraction of sp³-hybridized carbons (Fsp3) is 0.222. The summed E-state index contributed by atoms with van der Waals surface area (Å²) in [6, 6.07) is 45.6. The number of carbonyl (C=O) groups excluding carboxylic acids is 6. The lowest BCUT2D eigenvalue weighted by molar-refractivity contribution is -0.270. The van der Waals surface area contributed by atoms with Crippen molar-refractivity contribution < 1.29 is 61.9 Å². The molecule has 0 unspecified atom stereocenters. The number of esters is 4. The number of rotatable bonds is 17. The molecule has 6 aromatic carbocycles. The van der Waals surface area contributed by atoms with Crippen molar-refractivity contribution in [2.75, 3.05) is 19.8 Å². The van der Waals surface area contributed by atoms with Crippen LogP contribution in [0, 0.1) is 0 Å². The van der Waals surface area contributed by atoms with Crippen molar-refractivity contribution in [1.82, 2.24) is 10.6 Å². The molecule has 1 aliphatic carbocycles. The van der Waals surface area contributed by atoms with Crippen molar-refractivity contribution in [3.63, 3.8) is 0 Å². The van der Waals surface area contributed by atoms with Crippen molar-refractivity contribution in [1.29, 1.82) is 0 Å². The second-order valence-corrected chi connectivity index (χ2v) is 16.2. The lowest BCUT2D eigenvalue weighted by Crippen LogP contribution is -2.67. The molecule has 2 amide bonds. The molecule has 69 heavy (non-hydrogen) atoms. The second kappa shape index (κ2) is 22.6. The number of hydrogen-bond acceptors (Lipinski definition) is 13. The molecule has 1 heterocycles. The van der Waals surface area contributed by atoms with Crippen molar-refractivity contribution in [2.45, 2.75) is 56.1 Å². The minimum Gasteiger partial charge on any atom is -0.459 e. The van der Waals surface area contributed by atoms with Crippen LogP contribution in [0.2, 0.25) is 0 Å². The highest BCUT2D eigenvalue weighted by Crippen LogP contribution is 2.44. The molecule has 1 saturated heterocycles. The number of carbonyl (C=O) groups is 6. The smallest absolute Gasteiger partial charge is 0.407 e. The van der Waals surface area contributed by atoms with Crippen molar-refractivity contribution in [3.8, 4) is 11.1 Å². The molecule has 0 aromatic heterocycles. The van der Waals surface area contributed by atoms with E-state index in [2.05, 4.69) is 10.6 Å². The monoisotopic (exact) mass is 932 g/mol. The predicted octanol–water partition coefficient (Wildman–Crippen LogP) is 7.19. The number of hydrogen-bond donors (Lipinski definition) is 2. The molecule has 2 N–H and O–H groups in total. The second-order valence-electron chi connectivity index (χ2n) is 16.2. The first kappa shape index (κ1) is 47.4. The maximum absolute atomic E-state index is 14.0. The van der Waals surface area contributed by atoms with Gasteiger partial charge in [0, 0.05) is 12.8 Å². The van der Waals surface area contributed by atoms with E-state index in [-0.39, 0.29) is 35.8 Å². The summed E-state index contributed by atoms with van der Waals surface area (Å²) in [6.45, 7) is -0.244. The summed E-state index contributed by atoms with van der Waals surface area (Å²) in [5.41, 5.74) is 5.14. The van der Waals surface area contributed by atoms with Crippen LogP contribution in [0.5, 0.6) is 0 Å². The van der Waals surface area contributed by atoms with Crippen molar-refractivity contribution in [2.24, 2.45) is 0 Å². The molecule has 1 fully saturated rings. The summed E-state index contributed by atoms with van der Waals surface area (Å²) in [4.78, 5) is 81.7. The highest BCUT2D eigenvalue weighted by atomic mass is 16.7. The Morgan fingerprint density at radius 2 is 1.04 bits per heavy atom. The molecule has 2 aliphatic rings. The molecular formula is C54H48N2O13. The number of amides is 2. The van der Waals surface area contributed by atoms with Crippen LogP contribution < -0.4 is 10.6 Å². The van der Waals surface area contributed by atoms with Crippen LogP contribution >= 0.6 is 0 Å². The molecule has 0 saturated carbocycles. The summed E-state index contributed by atoms with van der Waals surface area (Å²) in [5, 5.41) is 5.29. The number of benzene rings is 6. The van der Waals surface area contributed by atoms with Gasteiger partial charge in [-0.05, 0) is 64.2 Å². The van der Waals surface area contributed by atoms with Crippen LogP contribution in [0.1, 0.15) is 60.6 Å². The standard InChI is InChI=1S/C54H48N2O13/c1-34(57)55-46-48(69-51(60)38-24-12-5-13-25-38)47(68-50(59)37-22-10-4-11-23-37)45(33-64-49(58)36-20-8-3-9-21-36)67-53(46)65-32-44(52(61)63-30-35-18-6-2-7-19-35)56-54(62)66-31-43-41-28-16-14-26-39(41)40-27-15-17-29-42(40)43/h2-29,43-48,53H,30-33H2,1H3,(H,55,57)(H,56,62)/t44-,45+,46+,47+,48+,53+/m0/s1. The molecule has 0 bridgehead atoms. The highest BCUT2D eigenvalue weighted by Gasteiger charge is 2.52. The Balaban J connectivity index is 1.08. The first-order valence-corrected chi connectivity index (χ1v) is 22.2. The number of ether oxygens (including phenoxy) is 7. The fourth-order valence-corrected chi connectivity index (χ4v) is 8.17. The fourth-order valence-electron chi connectivity index (χ4n) is 8.17. The minimum absolute atomic E-state index is 0.0657. The Hall–Kier alpha value is -8.14. The zero-order valence-electron chi connectivity index (χ0n) is 37.3. The Bertz CT molecular complexity index is 2690. The SMILES string of the molecule is CC(=O)N[C@H]1[C@H](OC[C@H](NC(=O)OCC2c3ccccc3-c3ccccc32)C(=O)OCc2ccccc2)O[C@H](COC(=O)c2ccccc2)[C@@H](OC(=O)c2ccccc2)[C@@H]1OC(=O)c1ccccc1. The first-order chi connectivity index (χ1) is 33.6. The van der Waals surface area contributed by atoms with E-state index in [9.17, 15) is 28.8 Å². The Labute approximate surface area is 397 Å². The average molecular weight is 933 g/mol. The van der Waals surface area contributed by atoms with Gasteiger partial charge in [-0.25, -0.2) is 24.0 Å². The topological polar surface area (TPSA) is 191 Å². The van der Waals surface area contributed by atoms with E-state index in [0.717, 1.165) is 22.3 Å². The summed E-state index contributed by atoms with van der Waals surface area (Å²) in [5.74, 6) is -4.29. The van der Waals surface area contributed by atoms with Crippen LogP contribution in [0.25, 0.3) is 11.1 Å². The van der Waals surface area contributed by atoms with Gasteiger partial charge < -0.3 is 43.8 Å². The lowest BCUT2D eigenvalue weighted by atomic mass is 9.95. The number of fused-ring (bicyclic) bond motifs is 3. The van der Waals surface area contributed by atoms with E-state index in [1.54, 1.807) is 91.0 Å². The normalized spacial score (nSPS) is 18.5. The predicted molar refractivity (Wildman–Crippen MR) is 248 cm³/mol. The van der Waals surface area contributed by atoms with E-state index >= 15 is 0 Å². The Morgan fingerprint density at radius 3 is 1.59 bits per heavy atom. The minimum atomic E-state index is -1.62. The molecule has 15 heteroatoms. The molecular weight excluding hydrogens is 885 g/mol. The quantitative estimate of drug-likeness (QED) is 0.0691. The van der Waals surface area contributed by atoms with E-state index < -0.39 is 85.8 Å². The Kier molecular flexibility index (Phi) is 15.5. The maximum atomic E-state index is 14.0. The van der Waals surface area contributed by atoms with Crippen molar-refractivity contribution >= 4 is 35.9 Å². The van der Waals surface area contributed by atoms with Crippen LogP contribution in [0.4, 0.5) is 4.79 Å². The van der Waals surface area contributed by atoms with Crippen LogP contribution in [-0.2, 0) is 49.4 Å². The summed E-state index contributed by atoms with van der Waals surface area (Å²) in [6.07, 6.45) is -7.13.